The monoisotopic (exact) mass is 541 g/mol. The molecule has 0 spiro atoms. The molecule has 2 N–H and O–H groups in total. The predicted molar refractivity (Wildman–Crippen MR) is 140 cm³/mol. The van der Waals surface area contributed by atoms with Crippen molar-refractivity contribution in [1.82, 2.24) is 15.5 Å². The van der Waals surface area contributed by atoms with Crippen LogP contribution in [0.5, 0.6) is 0 Å². The van der Waals surface area contributed by atoms with Crippen molar-refractivity contribution in [2.75, 3.05) is 57.4 Å². The Morgan fingerprint density at radius 3 is 2.39 bits per heavy atom. The molecule has 3 heterocycles. The number of nitrogens with one attached hydrogen (secondary N) is 2. The number of halogens is 1. The number of nitrogens with zero attached hydrogens (tertiary/aromatic N) is 3. The van der Waals surface area contributed by atoms with E-state index in [-0.39, 0.29) is 29.5 Å². The number of aliphatic imine (C=N–C) groups is 1. The number of piperidine rings is 1. The smallest absolute Gasteiger partial charge is 0.191 e. The summed E-state index contributed by atoms with van der Waals surface area (Å²) in [4.78, 5) is 10.3. The standard InChI is InChI=1S/C24H39N5O.HI/c1-2-25-23(26-20-24(12-18-30-19-13-24)29-14-6-7-15-29)27-21-10-16-28(17-11-21)22-8-4-3-5-9-22;/h3-5,8-9,21H,2,6-7,10-20H2,1H3,(H2,25,26,27);1H. The number of anilines is 1. The van der Waals surface area contributed by atoms with Crippen LogP contribution in [0.4, 0.5) is 5.69 Å². The highest BCUT2D eigenvalue weighted by molar-refractivity contribution is 14.0. The minimum Gasteiger partial charge on any atom is -0.381 e. The molecule has 0 aromatic heterocycles. The number of hydrogen-bond acceptors (Lipinski definition) is 4. The van der Waals surface area contributed by atoms with Crippen LogP contribution >= 0.6 is 24.0 Å². The topological polar surface area (TPSA) is 52.1 Å². The Morgan fingerprint density at radius 1 is 1.06 bits per heavy atom. The predicted octanol–water partition coefficient (Wildman–Crippen LogP) is 3.47. The minimum absolute atomic E-state index is 0. The van der Waals surface area contributed by atoms with E-state index < -0.39 is 0 Å². The summed E-state index contributed by atoms with van der Waals surface area (Å²) in [5.74, 6) is 0.987. The maximum absolute atomic E-state index is 5.70. The summed E-state index contributed by atoms with van der Waals surface area (Å²) in [6.07, 6.45) is 7.14. The molecule has 6 nitrogen and oxygen atoms in total. The summed E-state index contributed by atoms with van der Waals surface area (Å²) < 4.78 is 5.70. The third-order valence-electron chi connectivity index (χ3n) is 7.03. The van der Waals surface area contributed by atoms with Crippen molar-refractivity contribution in [3.05, 3.63) is 30.3 Å². The number of guanidine groups is 1. The Morgan fingerprint density at radius 2 is 1.74 bits per heavy atom. The largest absolute Gasteiger partial charge is 0.381 e. The summed E-state index contributed by atoms with van der Waals surface area (Å²) in [6, 6.07) is 11.3. The van der Waals surface area contributed by atoms with Crippen LogP contribution < -0.4 is 15.5 Å². The van der Waals surface area contributed by atoms with Gasteiger partial charge < -0.3 is 20.3 Å². The number of rotatable bonds is 6. The number of likely N-dealkylation sites (tertiary alicyclic amines) is 1. The van der Waals surface area contributed by atoms with Crippen molar-refractivity contribution in [3.8, 4) is 0 Å². The van der Waals surface area contributed by atoms with Gasteiger partial charge in [-0.15, -0.1) is 24.0 Å². The molecule has 0 aliphatic carbocycles. The highest BCUT2D eigenvalue weighted by atomic mass is 127. The van der Waals surface area contributed by atoms with Crippen molar-refractivity contribution in [2.45, 2.75) is 57.0 Å². The quantitative estimate of drug-likeness (QED) is 0.328. The summed E-state index contributed by atoms with van der Waals surface area (Å²) >= 11 is 0. The minimum atomic E-state index is 0. The van der Waals surface area contributed by atoms with E-state index in [2.05, 4.69) is 57.7 Å². The van der Waals surface area contributed by atoms with Gasteiger partial charge in [-0.1, -0.05) is 18.2 Å². The van der Waals surface area contributed by atoms with E-state index in [9.17, 15) is 0 Å². The summed E-state index contributed by atoms with van der Waals surface area (Å²) in [5.41, 5.74) is 1.52. The molecule has 3 saturated heterocycles. The maximum Gasteiger partial charge on any atom is 0.191 e. The van der Waals surface area contributed by atoms with Gasteiger partial charge in [0, 0.05) is 50.1 Å². The van der Waals surface area contributed by atoms with E-state index >= 15 is 0 Å². The number of hydrogen-bond donors (Lipinski definition) is 2. The number of ether oxygens (including phenoxy) is 1. The molecular formula is C24H40IN5O. The summed E-state index contributed by atoms with van der Waals surface area (Å²) in [7, 11) is 0. The summed E-state index contributed by atoms with van der Waals surface area (Å²) in [6.45, 7) is 10.3. The Balaban J connectivity index is 0.00000272. The van der Waals surface area contributed by atoms with E-state index in [1.807, 2.05) is 0 Å². The molecule has 3 aliphatic heterocycles. The SMILES string of the molecule is CCNC(=NCC1(N2CCCC2)CCOCC1)NC1CCN(c2ccccc2)CC1.I. The third-order valence-corrected chi connectivity index (χ3v) is 7.03. The van der Waals surface area contributed by atoms with Gasteiger partial charge in [-0.2, -0.15) is 0 Å². The van der Waals surface area contributed by atoms with Crippen molar-refractivity contribution >= 4 is 35.6 Å². The van der Waals surface area contributed by atoms with Gasteiger partial charge in [-0.05, 0) is 70.7 Å². The van der Waals surface area contributed by atoms with Crippen LogP contribution in [0.2, 0.25) is 0 Å². The van der Waals surface area contributed by atoms with Crippen molar-refractivity contribution < 1.29 is 4.74 Å². The molecule has 3 fully saturated rings. The van der Waals surface area contributed by atoms with Gasteiger partial charge in [0.15, 0.2) is 5.96 Å². The van der Waals surface area contributed by atoms with E-state index in [1.54, 1.807) is 0 Å². The molecule has 1 aromatic rings. The van der Waals surface area contributed by atoms with Crippen LogP contribution in [0.25, 0.3) is 0 Å². The van der Waals surface area contributed by atoms with Gasteiger partial charge in [-0.3, -0.25) is 9.89 Å². The lowest BCUT2D eigenvalue weighted by Crippen LogP contribution is -2.54. The Kier molecular flexibility index (Phi) is 9.72. The molecule has 0 radical (unpaired) electrons. The molecule has 0 amide bonds. The van der Waals surface area contributed by atoms with Crippen LogP contribution in [0.15, 0.2) is 35.3 Å². The normalized spacial score (nSPS) is 22.7. The lowest BCUT2D eigenvalue weighted by Gasteiger charge is -2.43. The van der Waals surface area contributed by atoms with Crippen LogP contribution in [0, 0.1) is 0 Å². The second kappa shape index (κ2) is 12.3. The van der Waals surface area contributed by atoms with Gasteiger partial charge in [0.05, 0.1) is 6.54 Å². The molecule has 0 saturated carbocycles. The molecule has 0 bridgehead atoms. The van der Waals surface area contributed by atoms with Gasteiger partial charge in [0.2, 0.25) is 0 Å². The molecule has 4 rings (SSSR count). The average Bonchev–Trinajstić information content (AvgIpc) is 3.35. The first-order valence-electron chi connectivity index (χ1n) is 12.0. The van der Waals surface area contributed by atoms with Crippen LogP contribution in [0.3, 0.4) is 0 Å². The van der Waals surface area contributed by atoms with E-state index in [4.69, 9.17) is 9.73 Å². The molecule has 7 heteroatoms. The Labute approximate surface area is 205 Å². The third kappa shape index (κ3) is 6.48. The van der Waals surface area contributed by atoms with E-state index in [0.29, 0.717) is 6.04 Å². The van der Waals surface area contributed by atoms with Gasteiger partial charge in [0.1, 0.15) is 0 Å². The molecule has 0 atom stereocenters. The second-order valence-electron chi connectivity index (χ2n) is 8.97. The lowest BCUT2D eigenvalue weighted by molar-refractivity contribution is -0.0139. The van der Waals surface area contributed by atoms with Crippen molar-refractivity contribution in [3.63, 3.8) is 0 Å². The van der Waals surface area contributed by atoms with Crippen LogP contribution in [-0.4, -0.2) is 74.9 Å². The first-order chi connectivity index (χ1) is 14.8. The Bertz CT molecular complexity index is 666. The first-order valence-corrected chi connectivity index (χ1v) is 12.0. The zero-order valence-corrected chi connectivity index (χ0v) is 21.4. The zero-order valence-electron chi connectivity index (χ0n) is 19.0. The second-order valence-corrected chi connectivity index (χ2v) is 8.97. The number of benzene rings is 1. The molecule has 31 heavy (non-hydrogen) atoms. The fourth-order valence-electron chi connectivity index (χ4n) is 5.18. The first kappa shape index (κ1) is 24.6. The lowest BCUT2D eigenvalue weighted by atomic mass is 9.88. The molecule has 3 aliphatic rings. The van der Waals surface area contributed by atoms with Crippen molar-refractivity contribution in [2.24, 2.45) is 4.99 Å². The molecule has 0 unspecified atom stereocenters. The van der Waals surface area contributed by atoms with Crippen LogP contribution in [-0.2, 0) is 4.74 Å². The van der Waals surface area contributed by atoms with E-state index in [0.717, 1.165) is 71.0 Å². The summed E-state index contributed by atoms with van der Waals surface area (Å²) in [5, 5.41) is 7.23. The average molecular weight is 542 g/mol. The molecule has 174 valence electrons. The van der Waals surface area contributed by atoms with Gasteiger partial charge in [-0.25, -0.2) is 0 Å². The fourth-order valence-corrected chi connectivity index (χ4v) is 5.18. The highest BCUT2D eigenvalue weighted by Gasteiger charge is 2.39. The van der Waals surface area contributed by atoms with Gasteiger partial charge in [0.25, 0.3) is 0 Å². The highest BCUT2D eigenvalue weighted by Crippen LogP contribution is 2.31. The van der Waals surface area contributed by atoms with E-state index in [1.165, 1.54) is 31.6 Å². The zero-order chi connectivity index (χ0) is 20.7. The van der Waals surface area contributed by atoms with Crippen LogP contribution in [0.1, 0.15) is 45.4 Å². The number of para-hydroxylation sites is 1. The fraction of sp³-hybridized carbons (Fsp3) is 0.708. The Hall–Kier alpha value is -1.06. The van der Waals surface area contributed by atoms with Crippen molar-refractivity contribution in [1.29, 1.82) is 0 Å². The van der Waals surface area contributed by atoms with Gasteiger partial charge >= 0.3 is 0 Å². The molecule has 1 aromatic carbocycles. The molecular weight excluding hydrogens is 501 g/mol. The maximum atomic E-state index is 5.70.